The van der Waals surface area contributed by atoms with Gasteiger partial charge in [0.05, 0.1) is 23.7 Å². The molecule has 0 amide bonds. The van der Waals surface area contributed by atoms with Gasteiger partial charge >= 0.3 is 0 Å². The highest BCUT2D eigenvalue weighted by Crippen LogP contribution is 2.25. The standard InChI is InChI=1S/C23H19Cl2N3O3S2/c1-33(30,31)27(14-16-6-4-8-18(24)12-16)28-22(29)20-10-2-3-11-21(20)26-23(28)32-15-17-7-5-9-19(25)13-17/h2-13H,14-15H2,1H3. The SMILES string of the molecule is CS(=O)(=O)N(Cc1cccc(Cl)c1)n1c(SCc2cccc(Cl)c2)nc2ccccc2c1=O. The van der Waals surface area contributed by atoms with E-state index in [0.717, 1.165) is 20.9 Å². The number of nitrogens with zero attached hydrogens (tertiary/aromatic N) is 3. The zero-order valence-electron chi connectivity index (χ0n) is 17.5. The molecule has 1 aromatic heterocycles. The molecule has 3 aromatic carbocycles. The Kier molecular flexibility index (Phi) is 6.99. The fraction of sp³-hybridized carbons (Fsp3) is 0.130. The fourth-order valence-electron chi connectivity index (χ4n) is 3.30. The van der Waals surface area contributed by atoms with Crippen molar-refractivity contribution in [1.29, 1.82) is 0 Å². The number of aromatic nitrogens is 2. The summed E-state index contributed by atoms with van der Waals surface area (Å²) < 4.78 is 27.9. The smallest absolute Gasteiger partial charge is 0.267 e. The molecule has 0 aliphatic carbocycles. The zero-order valence-corrected chi connectivity index (χ0v) is 20.6. The van der Waals surface area contributed by atoms with Gasteiger partial charge in [0.25, 0.3) is 5.56 Å². The Morgan fingerprint density at radius 1 is 0.939 bits per heavy atom. The topological polar surface area (TPSA) is 72.3 Å². The first-order valence-electron chi connectivity index (χ1n) is 9.84. The molecule has 170 valence electrons. The first-order valence-corrected chi connectivity index (χ1v) is 13.4. The van der Waals surface area contributed by atoms with Gasteiger partial charge in [-0.05, 0) is 47.5 Å². The quantitative estimate of drug-likeness (QED) is 0.251. The normalized spacial score (nSPS) is 11.6. The van der Waals surface area contributed by atoms with Crippen LogP contribution in [0.5, 0.6) is 0 Å². The van der Waals surface area contributed by atoms with E-state index < -0.39 is 15.6 Å². The lowest BCUT2D eigenvalue weighted by Gasteiger charge is -2.26. The molecule has 0 atom stereocenters. The number of sulfonamides is 1. The van der Waals surface area contributed by atoms with Crippen molar-refractivity contribution >= 4 is 55.9 Å². The maximum absolute atomic E-state index is 13.5. The van der Waals surface area contributed by atoms with Crippen LogP contribution in [0.1, 0.15) is 11.1 Å². The molecule has 0 fully saturated rings. The largest absolute Gasteiger partial charge is 0.281 e. The third-order valence-corrected chi connectivity index (χ3v) is 7.32. The Labute approximate surface area is 205 Å². The van der Waals surface area contributed by atoms with E-state index in [2.05, 4.69) is 4.98 Å². The molecule has 0 aliphatic rings. The number of fused-ring (bicyclic) bond motifs is 1. The number of thioether (sulfide) groups is 1. The molecule has 1 heterocycles. The summed E-state index contributed by atoms with van der Waals surface area (Å²) in [5.41, 5.74) is 1.58. The minimum absolute atomic E-state index is 0.0793. The number of para-hydroxylation sites is 1. The second kappa shape index (κ2) is 9.77. The van der Waals surface area contributed by atoms with Crippen LogP contribution in [0.25, 0.3) is 10.9 Å². The molecule has 6 nitrogen and oxygen atoms in total. The second-order valence-electron chi connectivity index (χ2n) is 7.32. The van der Waals surface area contributed by atoms with Crippen LogP contribution in [0, 0.1) is 0 Å². The first kappa shape index (κ1) is 23.6. The summed E-state index contributed by atoms with van der Waals surface area (Å²) in [6.45, 7) is -0.0793. The van der Waals surface area contributed by atoms with Gasteiger partial charge in [0, 0.05) is 15.8 Å². The van der Waals surface area contributed by atoms with Crippen LogP contribution in [0.2, 0.25) is 10.0 Å². The van der Waals surface area contributed by atoms with Gasteiger partial charge in [-0.2, -0.15) is 9.09 Å². The predicted molar refractivity (Wildman–Crippen MR) is 135 cm³/mol. The molecule has 0 spiro atoms. The summed E-state index contributed by atoms with van der Waals surface area (Å²) in [6, 6.07) is 21.0. The van der Waals surface area contributed by atoms with Crippen LogP contribution in [0.4, 0.5) is 0 Å². The van der Waals surface area contributed by atoms with E-state index >= 15 is 0 Å². The highest BCUT2D eigenvalue weighted by atomic mass is 35.5. The summed E-state index contributed by atoms with van der Waals surface area (Å²) in [5, 5.41) is 1.65. The monoisotopic (exact) mass is 519 g/mol. The lowest BCUT2D eigenvalue weighted by molar-refractivity contribution is 0.550. The van der Waals surface area contributed by atoms with Crippen LogP contribution >= 0.6 is 35.0 Å². The van der Waals surface area contributed by atoms with Crippen molar-refractivity contribution < 1.29 is 8.42 Å². The van der Waals surface area contributed by atoms with Crippen molar-refractivity contribution in [1.82, 2.24) is 9.66 Å². The van der Waals surface area contributed by atoms with Gasteiger partial charge in [0.15, 0.2) is 5.16 Å². The molecule has 0 N–H and O–H groups in total. The Hall–Kier alpha value is -2.52. The number of benzene rings is 3. The Bertz CT molecular complexity index is 1490. The summed E-state index contributed by atoms with van der Waals surface area (Å²) in [5.74, 6) is 0.445. The summed E-state index contributed by atoms with van der Waals surface area (Å²) in [4.78, 5) is 18.1. The number of halogens is 2. The van der Waals surface area contributed by atoms with Gasteiger partial charge in [0.2, 0.25) is 10.0 Å². The summed E-state index contributed by atoms with van der Waals surface area (Å²) in [7, 11) is -3.85. The lowest BCUT2D eigenvalue weighted by Crippen LogP contribution is -2.46. The molecule has 0 saturated heterocycles. The van der Waals surface area contributed by atoms with Gasteiger partial charge < -0.3 is 0 Å². The van der Waals surface area contributed by atoms with Gasteiger partial charge in [0.1, 0.15) is 0 Å². The highest BCUT2D eigenvalue weighted by Gasteiger charge is 2.24. The summed E-state index contributed by atoms with van der Waals surface area (Å²) >= 11 is 13.4. The van der Waals surface area contributed by atoms with E-state index in [1.807, 2.05) is 18.2 Å². The van der Waals surface area contributed by atoms with Crippen molar-refractivity contribution in [3.05, 3.63) is 104 Å². The first-order chi connectivity index (χ1) is 15.7. The van der Waals surface area contributed by atoms with Crippen molar-refractivity contribution in [3.8, 4) is 0 Å². The fourth-order valence-corrected chi connectivity index (χ4v) is 5.55. The Morgan fingerprint density at radius 3 is 2.24 bits per heavy atom. The van der Waals surface area contributed by atoms with Gasteiger partial charge in [-0.1, -0.05) is 71.4 Å². The maximum Gasteiger partial charge on any atom is 0.281 e. The molecule has 0 aliphatic heterocycles. The number of hydrogen-bond acceptors (Lipinski definition) is 5. The molecule has 4 rings (SSSR count). The molecule has 4 aromatic rings. The number of rotatable bonds is 7. The van der Waals surface area contributed by atoms with E-state index in [-0.39, 0.29) is 11.7 Å². The van der Waals surface area contributed by atoms with E-state index in [4.69, 9.17) is 23.2 Å². The van der Waals surface area contributed by atoms with E-state index in [9.17, 15) is 13.2 Å². The van der Waals surface area contributed by atoms with Crippen molar-refractivity contribution in [2.75, 3.05) is 10.7 Å². The lowest BCUT2D eigenvalue weighted by atomic mass is 10.2. The Balaban J connectivity index is 1.85. The third-order valence-electron chi connectivity index (χ3n) is 4.79. The maximum atomic E-state index is 13.5. The molecule has 10 heteroatoms. The summed E-state index contributed by atoms with van der Waals surface area (Å²) in [6.07, 6.45) is 1.06. The molecular weight excluding hydrogens is 501 g/mol. The molecule has 0 unspecified atom stereocenters. The van der Waals surface area contributed by atoms with E-state index in [1.165, 1.54) is 11.8 Å². The predicted octanol–water partition coefficient (Wildman–Crippen LogP) is 5.09. The van der Waals surface area contributed by atoms with Gasteiger partial charge in [-0.3, -0.25) is 4.79 Å². The van der Waals surface area contributed by atoms with Crippen LogP contribution in [0.15, 0.2) is 82.7 Å². The van der Waals surface area contributed by atoms with Crippen molar-refractivity contribution in [3.63, 3.8) is 0 Å². The molecule has 0 saturated carbocycles. The average molecular weight is 520 g/mol. The van der Waals surface area contributed by atoms with Gasteiger partial charge in [-0.25, -0.2) is 13.4 Å². The number of hydrogen-bond donors (Lipinski definition) is 0. The van der Waals surface area contributed by atoms with Gasteiger partial charge in [-0.15, -0.1) is 0 Å². The minimum Gasteiger partial charge on any atom is -0.267 e. The van der Waals surface area contributed by atoms with Crippen LogP contribution in [-0.2, 0) is 22.3 Å². The molecule has 0 bridgehead atoms. The minimum atomic E-state index is -3.85. The molecule has 33 heavy (non-hydrogen) atoms. The molecule has 0 radical (unpaired) electrons. The van der Waals surface area contributed by atoms with Crippen LogP contribution in [0.3, 0.4) is 0 Å². The Morgan fingerprint density at radius 2 is 1.58 bits per heavy atom. The average Bonchev–Trinajstić information content (AvgIpc) is 2.76. The van der Waals surface area contributed by atoms with Crippen LogP contribution < -0.4 is 9.97 Å². The van der Waals surface area contributed by atoms with E-state index in [1.54, 1.807) is 54.6 Å². The second-order valence-corrected chi connectivity index (χ2v) is 11.0. The highest BCUT2D eigenvalue weighted by molar-refractivity contribution is 7.98. The van der Waals surface area contributed by atoms with Crippen molar-refractivity contribution in [2.24, 2.45) is 0 Å². The van der Waals surface area contributed by atoms with E-state index in [0.29, 0.717) is 32.3 Å². The van der Waals surface area contributed by atoms with Crippen molar-refractivity contribution in [2.45, 2.75) is 17.5 Å². The molecular formula is C23H19Cl2N3O3S2. The third kappa shape index (κ3) is 5.52. The van der Waals surface area contributed by atoms with Crippen LogP contribution in [-0.4, -0.2) is 24.3 Å². The zero-order chi connectivity index (χ0) is 23.6.